The van der Waals surface area contributed by atoms with Crippen molar-refractivity contribution >= 4 is 29.3 Å². The molecule has 0 atom stereocenters. The zero-order chi connectivity index (χ0) is 19.1. The molecule has 0 saturated heterocycles. The van der Waals surface area contributed by atoms with E-state index in [0.29, 0.717) is 27.8 Å². The lowest BCUT2D eigenvalue weighted by Crippen LogP contribution is -2.13. The molecule has 0 aliphatic rings. The third-order valence-electron chi connectivity index (χ3n) is 3.35. The van der Waals surface area contributed by atoms with Crippen LogP contribution in [-0.2, 0) is 4.79 Å². The number of methoxy groups -OCH3 is 1. The molecule has 5 nitrogen and oxygen atoms in total. The molecule has 0 aliphatic carbocycles. The van der Waals surface area contributed by atoms with Crippen LogP contribution >= 0.6 is 11.6 Å². The SMILES string of the molecule is COc1cc(C=C(C#N)C(=O)Nc2ccccc2Cl)ccc1OC(C)C. The molecule has 0 unspecified atom stereocenters. The Balaban J connectivity index is 2.26. The number of nitrogens with one attached hydrogen (secondary N) is 1. The molecule has 0 fully saturated rings. The van der Waals surface area contributed by atoms with Crippen LogP contribution in [0.15, 0.2) is 48.0 Å². The molecule has 1 N–H and O–H groups in total. The Kier molecular flexibility index (Phi) is 6.65. The van der Waals surface area contributed by atoms with Crippen LogP contribution in [-0.4, -0.2) is 19.1 Å². The highest BCUT2D eigenvalue weighted by molar-refractivity contribution is 6.34. The van der Waals surface area contributed by atoms with Gasteiger partial charge in [0.1, 0.15) is 11.6 Å². The van der Waals surface area contributed by atoms with E-state index in [0.717, 1.165) is 0 Å². The summed E-state index contributed by atoms with van der Waals surface area (Å²) in [7, 11) is 1.53. The van der Waals surface area contributed by atoms with E-state index in [4.69, 9.17) is 21.1 Å². The van der Waals surface area contributed by atoms with Gasteiger partial charge in [-0.1, -0.05) is 29.8 Å². The Morgan fingerprint density at radius 3 is 2.58 bits per heavy atom. The number of carbonyl (C=O) groups is 1. The summed E-state index contributed by atoms with van der Waals surface area (Å²) < 4.78 is 11.0. The molecule has 134 valence electrons. The summed E-state index contributed by atoms with van der Waals surface area (Å²) >= 11 is 6.03. The molecule has 2 aromatic carbocycles. The van der Waals surface area contributed by atoms with Gasteiger partial charge in [-0.3, -0.25) is 4.79 Å². The van der Waals surface area contributed by atoms with Crippen LogP contribution < -0.4 is 14.8 Å². The number of para-hydroxylation sites is 1. The van der Waals surface area contributed by atoms with Crippen molar-refractivity contribution in [3.05, 3.63) is 58.6 Å². The van der Waals surface area contributed by atoms with Crippen molar-refractivity contribution in [2.24, 2.45) is 0 Å². The Labute approximate surface area is 157 Å². The smallest absolute Gasteiger partial charge is 0.266 e. The predicted molar refractivity (Wildman–Crippen MR) is 102 cm³/mol. The fourth-order valence-electron chi connectivity index (χ4n) is 2.19. The van der Waals surface area contributed by atoms with E-state index < -0.39 is 5.91 Å². The summed E-state index contributed by atoms with van der Waals surface area (Å²) in [4.78, 5) is 12.4. The van der Waals surface area contributed by atoms with Crippen LogP contribution in [0.5, 0.6) is 11.5 Å². The van der Waals surface area contributed by atoms with Gasteiger partial charge in [0.25, 0.3) is 5.91 Å². The number of ether oxygens (including phenoxy) is 2. The Morgan fingerprint density at radius 1 is 1.23 bits per heavy atom. The highest BCUT2D eigenvalue weighted by Gasteiger charge is 2.12. The second-order valence-electron chi connectivity index (χ2n) is 5.68. The highest BCUT2D eigenvalue weighted by atomic mass is 35.5. The van der Waals surface area contributed by atoms with Crippen LogP contribution in [0.1, 0.15) is 19.4 Å². The molecule has 26 heavy (non-hydrogen) atoms. The zero-order valence-corrected chi connectivity index (χ0v) is 15.5. The number of halogens is 1. The van der Waals surface area contributed by atoms with Crippen LogP contribution in [0.25, 0.3) is 6.08 Å². The second-order valence-corrected chi connectivity index (χ2v) is 6.09. The lowest BCUT2D eigenvalue weighted by atomic mass is 10.1. The van der Waals surface area contributed by atoms with Gasteiger partial charge in [0.05, 0.1) is 23.9 Å². The van der Waals surface area contributed by atoms with Crippen molar-refractivity contribution in [1.82, 2.24) is 0 Å². The van der Waals surface area contributed by atoms with Gasteiger partial charge in [0.15, 0.2) is 11.5 Å². The summed E-state index contributed by atoms with van der Waals surface area (Å²) in [5.74, 6) is 0.581. The minimum atomic E-state index is -0.540. The van der Waals surface area contributed by atoms with E-state index in [9.17, 15) is 10.1 Å². The fourth-order valence-corrected chi connectivity index (χ4v) is 2.38. The third kappa shape index (κ3) is 5.01. The van der Waals surface area contributed by atoms with Gasteiger partial charge in [-0.05, 0) is 49.8 Å². The van der Waals surface area contributed by atoms with Crippen LogP contribution in [0.2, 0.25) is 5.02 Å². The van der Waals surface area contributed by atoms with Gasteiger partial charge in [-0.2, -0.15) is 5.26 Å². The van der Waals surface area contributed by atoms with Gasteiger partial charge < -0.3 is 14.8 Å². The molecule has 6 heteroatoms. The molecule has 1 amide bonds. The first-order chi connectivity index (χ1) is 12.4. The molecule has 2 aromatic rings. The van der Waals surface area contributed by atoms with Crippen molar-refractivity contribution in [2.45, 2.75) is 20.0 Å². The van der Waals surface area contributed by atoms with Crippen molar-refractivity contribution in [2.75, 3.05) is 12.4 Å². The van der Waals surface area contributed by atoms with E-state index in [1.807, 2.05) is 19.9 Å². The van der Waals surface area contributed by atoms with E-state index in [1.165, 1.54) is 13.2 Å². The van der Waals surface area contributed by atoms with Gasteiger partial charge in [-0.15, -0.1) is 0 Å². The summed E-state index contributed by atoms with van der Waals surface area (Å²) in [6.45, 7) is 3.83. The second kappa shape index (κ2) is 8.93. The maximum atomic E-state index is 12.4. The molecular weight excluding hydrogens is 352 g/mol. The first-order valence-corrected chi connectivity index (χ1v) is 8.34. The highest BCUT2D eigenvalue weighted by Crippen LogP contribution is 2.30. The van der Waals surface area contributed by atoms with Gasteiger partial charge in [-0.25, -0.2) is 0 Å². The van der Waals surface area contributed by atoms with E-state index in [1.54, 1.807) is 42.5 Å². The normalized spacial score (nSPS) is 11.0. The first kappa shape index (κ1) is 19.4. The molecule has 0 bridgehead atoms. The van der Waals surface area contributed by atoms with Crippen LogP contribution in [0.4, 0.5) is 5.69 Å². The van der Waals surface area contributed by atoms with E-state index >= 15 is 0 Å². The largest absolute Gasteiger partial charge is 0.493 e. The average Bonchev–Trinajstić information content (AvgIpc) is 2.62. The molecular formula is C20H19ClN2O3. The first-order valence-electron chi connectivity index (χ1n) is 7.97. The number of amides is 1. The molecule has 0 aromatic heterocycles. The maximum Gasteiger partial charge on any atom is 0.266 e. The molecule has 0 aliphatic heterocycles. The number of rotatable bonds is 6. The number of benzene rings is 2. The van der Waals surface area contributed by atoms with Crippen LogP contribution in [0.3, 0.4) is 0 Å². The number of hydrogen-bond donors (Lipinski definition) is 1. The van der Waals surface area contributed by atoms with Gasteiger partial charge in [0, 0.05) is 0 Å². The van der Waals surface area contributed by atoms with Crippen molar-refractivity contribution < 1.29 is 14.3 Å². The Bertz CT molecular complexity index is 870. The minimum absolute atomic E-state index is 0.00126. The topological polar surface area (TPSA) is 71.3 Å². The van der Waals surface area contributed by atoms with Crippen molar-refractivity contribution in [3.8, 4) is 17.6 Å². The zero-order valence-electron chi connectivity index (χ0n) is 14.7. The molecule has 0 saturated carbocycles. The maximum absolute atomic E-state index is 12.4. The lowest BCUT2D eigenvalue weighted by Gasteiger charge is -2.14. The van der Waals surface area contributed by atoms with Crippen LogP contribution in [0, 0.1) is 11.3 Å². The summed E-state index contributed by atoms with van der Waals surface area (Å²) in [5.41, 5.74) is 1.03. The number of nitrogens with zero attached hydrogens (tertiary/aromatic N) is 1. The Morgan fingerprint density at radius 2 is 1.96 bits per heavy atom. The van der Waals surface area contributed by atoms with Crippen molar-refractivity contribution in [1.29, 1.82) is 5.26 Å². The summed E-state index contributed by atoms with van der Waals surface area (Å²) in [5, 5.41) is 12.4. The predicted octanol–water partition coefficient (Wildman–Crippen LogP) is 4.68. The number of hydrogen-bond acceptors (Lipinski definition) is 4. The van der Waals surface area contributed by atoms with E-state index in [2.05, 4.69) is 5.32 Å². The third-order valence-corrected chi connectivity index (χ3v) is 3.68. The number of carbonyl (C=O) groups excluding carboxylic acids is 1. The quantitative estimate of drug-likeness (QED) is 0.592. The molecule has 0 heterocycles. The number of anilines is 1. The summed E-state index contributed by atoms with van der Waals surface area (Å²) in [6, 6.07) is 13.9. The Hall–Kier alpha value is -2.97. The number of nitriles is 1. The van der Waals surface area contributed by atoms with Crippen molar-refractivity contribution in [3.63, 3.8) is 0 Å². The fraction of sp³-hybridized carbons (Fsp3) is 0.200. The average molecular weight is 371 g/mol. The van der Waals surface area contributed by atoms with Gasteiger partial charge >= 0.3 is 0 Å². The molecule has 0 radical (unpaired) electrons. The lowest BCUT2D eigenvalue weighted by molar-refractivity contribution is -0.112. The molecule has 0 spiro atoms. The van der Waals surface area contributed by atoms with Gasteiger partial charge in [0.2, 0.25) is 0 Å². The summed E-state index contributed by atoms with van der Waals surface area (Å²) in [6.07, 6.45) is 1.48. The minimum Gasteiger partial charge on any atom is -0.493 e. The monoisotopic (exact) mass is 370 g/mol. The van der Waals surface area contributed by atoms with E-state index in [-0.39, 0.29) is 11.7 Å². The standard InChI is InChI=1S/C20H19ClN2O3/c1-13(2)26-18-9-8-14(11-19(18)25-3)10-15(12-22)20(24)23-17-7-5-4-6-16(17)21/h4-11,13H,1-3H3,(H,23,24). The molecule has 2 rings (SSSR count).